The molecule has 1 aromatic carbocycles. The molecule has 0 saturated carbocycles. The number of ether oxygens (including phenoxy) is 1. The Labute approximate surface area is 107 Å². The summed E-state index contributed by atoms with van der Waals surface area (Å²) in [6.07, 6.45) is -2.85. The van der Waals surface area contributed by atoms with Gasteiger partial charge in [0.05, 0.1) is 17.9 Å². The average Bonchev–Trinajstić information content (AvgIpc) is 2.89. The zero-order chi connectivity index (χ0) is 13.9. The van der Waals surface area contributed by atoms with Crippen LogP contribution in [0.1, 0.15) is 17.4 Å². The number of nitrogens with two attached hydrogens (primary N) is 1. The number of halogens is 3. The second kappa shape index (κ2) is 5.36. The van der Waals surface area contributed by atoms with Crippen molar-refractivity contribution < 1.29 is 22.3 Å². The van der Waals surface area contributed by atoms with Gasteiger partial charge in [0.2, 0.25) is 0 Å². The van der Waals surface area contributed by atoms with Crippen LogP contribution in [0.4, 0.5) is 13.2 Å². The van der Waals surface area contributed by atoms with Gasteiger partial charge in [0, 0.05) is 0 Å². The minimum atomic E-state index is -4.34. The maximum atomic E-state index is 12.3. The Morgan fingerprint density at radius 2 is 1.84 bits per heavy atom. The number of rotatable bonds is 4. The van der Waals surface area contributed by atoms with Crippen molar-refractivity contribution in [2.75, 3.05) is 6.61 Å². The summed E-state index contributed by atoms with van der Waals surface area (Å²) in [5.74, 6) is 0.891. The Morgan fingerprint density at radius 1 is 1.16 bits per heavy atom. The van der Waals surface area contributed by atoms with Crippen molar-refractivity contribution in [3.63, 3.8) is 0 Å². The van der Waals surface area contributed by atoms with Gasteiger partial charge in [-0.25, -0.2) is 0 Å². The van der Waals surface area contributed by atoms with Gasteiger partial charge in [-0.1, -0.05) is 0 Å². The van der Waals surface area contributed by atoms with Crippen molar-refractivity contribution in [2.24, 2.45) is 5.73 Å². The van der Waals surface area contributed by atoms with E-state index in [1.54, 1.807) is 12.1 Å². The lowest BCUT2D eigenvalue weighted by Gasteiger charge is -2.12. The molecule has 1 heterocycles. The molecule has 102 valence electrons. The van der Waals surface area contributed by atoms with E-state index < -0.39 is 17.8 Å². The normalized spacial score (nSPS) is 13.3. The SMILES string of the molecule is NC(COc1ccc(C(F)(F)F)cc1)c1ccco1. The molecular weight excluding hydrogens is 259 g/mol. The molecule has 0 bridgehead atoms. The first kappa shape index (κ1) is 13.5. The van der Waals surface area contributed by atoms with Crippen LogP contribution in [-0.2, 0) is 6.18 Å². The van der Waals surface area contributed by atoms with Crippen molar-refractivity contribution in [1.29, 1.82) is 0 Å². The van der Waals surface area contributed by atoms with Crippen LogP contribution in [0, 0.1) is 0 Å². The second-order valence-corrected chi connectivity index (χ2v) is 3.96. The van der Waals surface area contributed by atoms with Crippen LogP contribution in [0.25, 0.3) is 0 Å². The van der Waals surface area contributed by atoms with Gasteiger partial charge < -0.3 is 14.9 Å². The van der Waals surface area contributed by atoms with Crippen LogP contribution in [0.2, 0.25) is 0 Å². The van der Waals surface area contributed by atoms with Crippen LogP contribution in [0.3, 0.4) is 0 Å². The molecule has 0 fully saturated rings. The highest BCUT2D eigenvalue weighted by molar-refractivity contribution is 5.28. The number of hydrogen-bond donors (Lipinski definition) is 1. The third kappa shape index (κ3) is 3.51. The van der Waals surface area contributed by atoms with E-state index in [0.29, 0.717) is 11.5 Å². The number of alkyl halides is 3. The highest BCUT2D eigenvalue weighted by Gasteiger charge is 2.30. The lowest BCUT2D eigenvalue weighted by molar-refractivity contribution is -0.137. The molecule has 0 aliphatic heterocycles. The molecule has 2 N–H and O–H groups in total. The summed E-state index contributed by atoms with van der Waals surface area (Å²) in [7, 11) is 0. The average molecular weight is 271 g/mol. The zero-order valence-electron chi connectivity index (χ0n) is 9.85. The standard InChI is InChI=1S/C13H12F3NO2/c14-13(15,16)9-3-5-10(6-4-9)19-8-11(17)12-2-1-7-18-12/h1-7,11H,8,17H2. The van der Waals surface area contributed by atoms with E-state index in [1.807, 2.05) is 0 Å². The minimum Gasteiger partial charge on any atom is -0.491 e. The van der Waals surface area contributed by atoms with Gasteiger partial charge in [-0.3, -0.25) is 0 Å². The number of hydrogen-bond acceptors (Lipinski definition) is 3. The van der Waals surface area contributed by atoms with E-state index in [2.05, 4.69) is 0 Å². The quantitative estimate of drug-likeness (QED) is 0.927. The Morgan fingerprint density at radius 3 is 2.37 bits per heavy atom. The van der Waals surface area contributed by atoms with Crippen LogP contribution >= 0.6 is 0 Å². The molecule has 0 spiro atoms. The molecule has 2 aromatic rings. The summed E-state index contributed by atoms with van der Waals surface area (Å²) in [4.78, 5) is 0. The van der Waals surface area contributed by atoms with E-state index >= 15 is 0 Å². The molecule has 0 saturated heterocycles. The molecular formula is C13H12F3NO2. The van der Waals surface area contributed by atoms with E-state index in [9.17, 15) is 13.2 Å². The maximum absolute atomic E-state index is 12.3. The molecule has 0 amide bonds. The Hall–Kier alpha value is -1.95. The van der Waals surface area contributed by atoms with Crippen molar-refractivity contribution >= 4 is 0 Å². The van der Waals surface area contributed by atoms with Gasteiger partial charge in [0.15, 0.2) is 0 Å². The molecule has 0 aliphatic rings. The largest absolute Gasteiger partial charge is 0.491 e. The lowest BCUT2D eigenvalue weighted by Crippen LogP contribution is -2.18. The summed E-state index contributed by atoms with van der Waals surface area (Å²) >= 11 is 0. The van der Waals surface area contributed by atoms with Crippen molar-refractivity contribution in [3.05, 3.63) is 54.0 Å². The van der Waals surface area contributed by atoms with Gasteiger partial charge in [-0.15, -0.1) is 0 Å². The molecule has 1 atom stereocenters. The Bertz CT molecular complexity index is 506. The smallest absolute Gasteiger partial charge is 0.416 e. The van der Waals surface area contributed by atoms with Crippen molar-refractivity contribution in [1.82, 2.24) is 0 Å². The first-order chi connectivity index (χ1) is 8.97. The fraction of sp³-hybridized carbons (Fsp3) is 0.231. The summed E-state index contributed by atoms with van der Waals surface area (Å²) in [6, 6.07) is 7.41. The monoisotopic (exact) mass is 271 g/mol. The first-order valence-corrected chi connectivity index (χ1v) is 5.56. The zero-order valence-corrected chi connectivity index (χ0v) is 9.85. The topological polar surface area (TPSA) is 48.4 Å². The molecule has 1 unspecified atom stereocenters. The third-order valence-electron chi connectivity index (χ3n) is 2.52. The molecule has 3 nitrogen and oxygen atoms in total. The predicted molar refractivity (Wildman–Crippen MR) is 62.6 cm³/mol. The summed E-state index contributed by atoms with van der Waals surface area (Å²) in [6.45, 7) is 0.124. The van der Waals surface area contributed by atoms with E-state index in [4.69, 9.17) is 14.9 Å². The van der Waals surface area contributed by atoms with Gasteiger partial charge >= 0.3 is 6.18 Å². The highest BCUT2D eigenvalue weighted by atomic mass is 19.4. The second-order valence-electron chi connectivity index (χ2n) is 3.96. The van der Waals surface area contributed by atoms with Crippen LogP contribution in [-0.4, -0.2) is 6.61 Å². The third-order valence-corrected chi connectivity index (χ3v) is 2.52. The predicted octanol–water partition coefficient (Wildman–Crippen LogP) is 3.38. The van der Waals surface area contributed by atoms with Crippen LogP contribution in [0.5, 0.6) is 5.75 Å². The molecule has 19 heavy (non-hydrogen) atoms. The molecule has 1 aromatic heterocycles. The fourth-order valence-corrected chi connectivity index (χ4v) is 1.51. The minimum absolute atomic E-state index is 0.124. The lowest BCUT2D eigenvalue weighted by atomic mass is 10.2. The van der Waals surface area contributed by atoms with Crippen molar-refractivity contribution in [2.45, 2.75) is 12.2 Å². The van der Waals surface area contributed by atoms with E-state index in [-0.39, 0.29) is 6.61 Å². The summed E-state index contributed by atoms with van der Waals surface area (Å²) in [5.41, 5.74) is 5.07. The number of benzene rings is 1. The van der Waals surface area contributed by atoms with Gasteiger partial charge in [0.25, 0.3) is 0 Å². The van der Waals surface area contributed by atoms with Gasteiger partial charge in [-0.05, 0) is 36.4 Å². The highest BCUT2D eigenvalue weighted by Crippen LogP contribution is 2.30. The van der Waals surface area contributed by atoms with Gasteiger partial charge in [-0.2, -0.15) is 13.2 Å². The Balaban J connectivity index is 1.93. The molecule has 0 aliphatic carbocycles. The molecule has 0 radical (unpaired) electrons. The first-order valence-electron chi connectivity index (χ1n) is 5.56. The molecule has 2 rings (SSSR count). The molecule has 6 heteroatoms. The summed E-state index contributed by atoms with van der Waals surface area (Å²) in [5, 5.41) is 0. The fourth-order valence-electron chi connectivity index (χ4n) is 1.51. The number of furan rings is 1. The summed E-state index contributed by atoms with van der Waals surface area (Å²) < 4.78 is 47.4. The van der Waals surface area contributed by atoms with Crippen molar-refractivity contribution in [3.8, 4) is 5.75 Å². The van der Waals surface area contributed by atoms with E-state index in [1.165, 1.54) is 18.4 Å². The van der Waals surface area contributed by atoms with E-state index in [0.717, 1.165) is 12.1 Å². The van der Waals surface area contributed by atoms with Gasteiger partial charge in [0.1, 0.15) is 18.1 Å². The van der Waals surface area contributed by atoms with Crippen LogP contribution in [0.15, 0.2) is 47.1 Å². The maximum Gasteiger partial charge on any atom is 0.416 e. The van der Waals surface area contributed by atoms with Crippen LogP contribution < -0.4 is 10.5 Å². The Kier molecular flexibility index (Phi) is 3.80.